The number of nitrogens with zero attached hydrogens (tertiary/aromatic N) is 1. The summed E-state index contributed by atoms with van der Waals surface area (Å²) in [4.78, 5) is 4.26. The normalized spacial score (nSPS) is 10.8. The van der Waals surface area contributed by atoms with E-state index in [1.165, 1.54) is 0 Å². The summed E-state index contributed by atoms with van der Waals surface area (Å²) in [5.74, 6) is 7.11. The Hall–Kier alpha value is -2.77. The Morgan fingerprint density at radius 2 is 1.92 bits per heavy atom. The van der Waals surface area contributed by atoms with E-state index in [-0.39, 0.29) is 6.61 Å². The Kier molecular flexibility index (Phi) is 6.88. The Labute approximate surface area is 143 Å². The molecule has 124 valence electrons. The number of benzene rings is 2. The van der Waals surface area contributed by atoms with Crippen molar-refractivity contribution < 1.29 is 5.11 Å². The molecule has 4 heteroatoms. The lowest BCUT2D eigenvalue weighted by Gasteiger charge is -2.10. The quantitative estimate of drug-likeness (QED) is 0.260. The van der Waals surface area contributed by atoms with Crippen LogP contribution in [0.1, 0.15) is 23.1 Å². The lowest BCUT2D eigenvalue weighted by Crippen LogP contribution is -2.26. The second-order valence-corrected chi connectivity index (χ2v) is 5.27. The van der Waals surface area contributed by atoms with Gasteiger partial charge in [-0.1, -0.05) is 42.2 Å². The number of rotatable bonds is 5. The fourth-order valence-corrected chi connectivity index (χ4v) is 2.39. The summed E-state index contributed by atoms with van der Waals surface area (Å²) in [7, 11) is 1.74. The number of para-hydroxylation sites is 1. The van der Waals surface area contributed by atoms with Crippen LogP contribution in [0.25, 0.3) is 0 Å². The molecule has 0 aliphatic rings. The molecule has 0 spiro atoms. The molecule has 0 amide bonds. The second-order valence-electron chi connectivity index (χ2n) is 5.27. The number of anilines is 1. The minimum absolute atomic E-state index is 0.134. The molecule has 0 heterocycles. The van der Waals surface area contributed by atoms with E-state index < -0.39 is 0 Å². The van der Waals surface area contributed by atoms with Crippen LogP contribution in [0.2, 0.25) is 0 Å². The summed E-state index contributed by atoms with van der Waals surface area (Å²) in [6.45, 7) is 0.825. The smallest absolute Gasteiger partial charge is 0.130 e. The topological polar surface area (TPSA) is 70.6 Å². The molecule has 4 N–H and O–H groups in total. The monoisotopic (exact) mass is 321 g/mol. The molecule has 0 unspecified atom stereocenters. The molecule has 24 heavy (non-hydrogen) atoms. The molecule has 2 aromatic rings. The number of nitrogens with one attached hydrogen (secondary N) is 1. The number of aliphatic imine (C=N–C) groups is 1. The molecular weight excluding hydrogens is 298 g/mol. The average Bonchev–Trinajstić information content (AvgIpc) is 2.61. The van der Waals surface area contributed by atoms with Gasteiger partial charge in [0.25, 0.3) is 0 Å². The molecule has 0 aromatic heterocycles. The maximum atomic E-state index is 9.09. The van der Waals surface area contributed by atoms with Crippen LogP contribution in [-0.2, 0) is 6.42 Å². The third-order valence-electron chi connectivity index (χ3n) is 3.60. The standard InChI is InChI=1S/C20H23N3O/c1-22-20(18-11-4-5-12-19(18)21)23-14-7-6-10-16-8-2-3-9-17(16)13-15-24/h2-5,8-9,11-12,24H,7,13-15,21H2,1H3,(H,22,23). The number of nitrogens with two attached hydrogens (primary N) is 1. The van der Waals surface area contributed by atoms with Crippen molar-refractivity contribution in [3.8, 4) is 11.8 Å². The van der Waals surface area contributed by atoms with Crippen LogP contribution in [0.3, 0.4) is 0 Å². The average molecular weight is 321 g/mol. The summed E-state index contributed by atoms with van der Waals surface area (Å²) in [5, 5.41) is 12.4. The van der Waals surface area contributed by atoms with Crippen LogP contribution in [0.5, 0.6) is 0 Å². The van der Waals surface area contributed by atoms with Crippen molar-refractivity contribution in [1.29, 1.82) is 0 Å². The highest BCUT2D eigenvalue weighted by Gasteiger charge is 2.04. The minimum Gasteiger partial charge on any atom is -0.398 e. The van der Waals surface area contributed by atoms with Crippen molar-refractivity contribution in [2.75, 3.05) is 25.9 Å². The van der Waals surface area contributed by atoms with Crippen LogP contribution in [0.15, 0.2) is 53.5 Å². The Bertz CT molecular complexity index is 757. The van der Waals surface area contributed by atoms with Gasteiger partial charge in [-0.3, -0.25) is 4.99 Å². The van der Waals surface area contributed by atoms with Gasteiger partial charge in [0.2, 0.25) is 0 Å². The van der Waals surface area contributed by atoms with Gasteiger partial charge in [-0.15, -0.1) is 0 Å². The van der Waals surface area contributed by atoms with E-state index in [0.717, 1.165) is 22.5 Å². The van der Waals surface area contributed by atoms with Gasteiger partial charge in [-0.2, -0.15) is 0 Å². The van der Waals surface area contributed by atoms with Gasteiger partial charge in [0, 0.05) is 43.4 Å². The summed E-state index contributed by atoms with van der Waals surface area (Å²) in [6, 6.07) is 15.6. The fraction of sp³-hybridized carbons (Fsp3) is 0.250. The first-order chi connectivity index (χ1) is 11.8. The summed E-state index contributed by atoms with van der Waals surface area (Å²) in [6.07, 6.45) is 1.32. The highest BCUT2D eigenvalue weighted by atomic mass is 16.2. The van der Waals surface area contributed by atoms with Gasteiger partial charge in [0.15, 0.2) is 0 Å². The molecule has 0 fully saturated rings. The summed E-state index contributed by atoms with van der Waals surface area (Å²) in [5.41, 5.74) is 9.64. The van der Waals surface area contributed by atoms with Crippen molar-refractivity contribution in [3.63, 3.8) is 0 Å². The number of hydrogen-bond acceptors (Lipinski definition) is 3. The first kappa shape index (κ1) is 17.6. The van der Waals surface area contributed by atoms with Gasteiger partial charge < -0.3 is 16.2 Å². The first-order valence-corrected chi connectivity index (χ1v) is 7.99. The maximum Gasteiger partial charge on any atom is 0.130 e. The van der Waals surface area contributed by atoms with E-state index in [1.54, 1.807) is 7.05 Å². The molecule has 2 rings (SSSR count). The molecule has 0 aliphatic carbocycles. The lowest BCUT2D eigenvalue weighted by atomic mass is 10.1. The molecule has 2 aromatic carbocycles. The van der Waals surface area contributed by atoms with Gasteiger partial charge in [-0.05, 0) is 30.2 Å². The van der Waals surface area contributed by atoms with Crippen molar-refractivity contribution in [1.82, 2.24) is 5.32 Å². The SMILES string of the molecule is CN=C(NCCC#Cc1ccccc1CCO)c1ccccc1N. The number of aliphatic hydroxyl groups is 1. The minimum atomic E-state index is 0.134. The van der Waals surface area contributed by atoms with Gasteiger partial charge >= 0.3 is 0 Å². The molecule has 0 radical (unpaired) electrons. The summed E-state index contributed by atoms with van der Waals surface area (Å²) >= 11 is 0. The van der Waals surface area contributed by atoms with E-state index in [2.05, 4.69) is 22.2 Å². The van der Waals surface area contributed by atoms with E-state index in [4.69, 9.17) is 10.8 Å². The molecule has 0 bridgehead atoms. The Morgan fingerprint density at radius 3 is 2.67 bits per heavy atom. The number of aliphatic hydroxyl groups excluding tert-OH is 1. The molecule has 0 saturated heterocycles. The lowest BCUT2D eigenvalue weighted by molar-refractivity contribution is 0.299. The molecule has 0 atom stereocenters. The predicted molar refractivity (Wildman–Crippen MR) is 100 cm³/mol. The Balaban J connectivity index is 1.93. The number of hydrogen-bond donors (Lipinski definition) is 3. The van der Waals surface area contributed by atoms with Gasteiger partial charge in [-0.25, -0.2) is 0 Å². The van der Waals surface area contributed by atoms with E-state index in [1.807, 2.05) is 48.5 Å². The first-order valence-electron chi connectivity index (χ1n) is 7.99. The zero-order valence-electron chi connectivity index (χ0n) is 13.9. The predicted octanol–water partition coefficient (Wildman–Crippen LogP) is 2.21. The van der Waals surface area contributed by atoms with Crippen molar-refractivity contribution in [2.24, 2.45) is 4.99 Å². The molecule has 0 saturated carbocycles. The van der Waals surface area contributed by atoms with Gasteiger partial charge in [0.05, 0.1) is 0 Å². The van der Waals surface area contributed by atoms with E-state index in [0.29, 0.717) is 25.1 Å². The zero-order chi connectivity index (χ0) is 17.2. The maximum absolute atomic E-state index is 9.09. The number of nitrogen functional groups attached to an aromatic ring is 1. The van der Waals surface area contributed by atoms with Crippen LogP contribution in [-0.4, -0.2) is 31.1 Å². The fourth-order valence-electron chi connectivity index (χ4n) is 2.39. The van der Waals surface area contributed by atoms with Crippen LogP contribution < -0.4 is 11.1 Å². The van der Waals surface area contributed by atoms with Crippen LogP contribution in [0.4, 0.5) is 5.69 Å². The molecule has 0 aliphatic heterocycles. The van der Waals surface area contributed by atoms with E-state index >= 15 is 0 Å². The Morgan fingerprint density at radius 1 is 1.17 bits per heavy atom. The molecule has 4 nitrogen and oxygen atoms in total. The van der Waals surface area contributed by atoms with Crippen molar-refractivity contribution in [3.05, 3.63) is 65.2 Å². The van der Waals surface area contributed by atoms with Gasteiger partial charge in [0.1, 0.15) is 5.84 Å². The van der Waals surface area contributed by atoms with Crippen molar-refractivity contribution in [2.45, 2.75) is 12.8 Å². The van der Waals surface area contributed by atoms with E-state index in [9.17, 15) is 0 Å². The highest BCUT2D eigenvalue weighted by Crippen LogP contribution is 2.10. The molecular formula is C20H23N3O. The third kappa shape index (κ3) is 4.87. The zero-order valence-corrected chi connectivity index (χ0v) is 13.9. The van der Waals surface area contributed by atoms with Crippen molar-refractivity contribution >= 4 is 11.5 Å². The third-order valence-corrected chi connectivity index (χ3v) is 3.60. The van der Waals surface area contributed by atoms with Crippen LogP contribution in [0, 0.1) is 11.8 Å². The largest absolute Gasteiger partial charge is 0.398 e. The van der Waals surface area contributed by atoms with Crippen LogP contribution >= 0.6 is 0 Å². The number of amidine groups is 1. The second kappa shape index (κ2) is 9.39. The highest BCUT2D eigenvalue weighted by molar-refractivity contribution is 6.02. The summed E-state index contributed by atoms with van der Waals surface area (Å²) < 4.78 is 0.